The molecule has 42 valence electrons. The molecule has 0 amide bonds. The van der Waals surface area contributed by atoms with Crippen LogP contribution in [0.4, 0.5) is 0 Å². The molecule has 0 fully saturated rings. The summed E-state index contributed by atoms with van der Waals surface area (Å²) in [5.41, 5.74) is 0. The second-order valence-corrected chi connectivity index (χ2v) is 4.84. The Morgan fingerprint density at radius 3 is 2.89 bits per heavy atom. The van der Waals surface area contributed by atoms with E-state index in [9.17, 15) is 0 Å². The van der Waals surface area contributed by atoms with E-state index in [2.05, 4.69) is 6.58 Å². The van der Waals surface area contributed by atoms with Crippen molar-refractivity contribution < 1.29 is 17.9 Å². The van der Waals surface area contributed by atoms with Crippen LogP contribution in [-0.2, 0) is 17.9 Å². The third-order valence-electron chi connectivity index (χ3n) is 0.595. The second-order valence-electron chi connectivity index (χ2n) is 1.25. The first-order valence-corrected chi connectivity index (χ1v) is 4.65. The Kier molecular flexibility index (Phi) is 5.82. The van der Waals surface area contributed by atoms with Gasteiger partial charge in [0.15, 0.2) is 0 Å². The summed E-state index contributed by atoms with van der Waals surface area (Å²) in [6.07, 6.45) is 5.44. The predicted molar refractivity (Wildman–Crippen MR) is 37.5 cm³/mol. The normalized spacial score (nSPS) is 9.00. The van der Waals surface area contributed by atoms with Gasteiger partial charge in [-0.2, -0.15) is 0 Å². The van der Waals surface area contributed by atoms with Crippen molar-refractivity contribution in [1.29, 1.82) is 5.26 Å². The number of rotatable bonds is 3. The van der Waals surface area contributed by atoms with Gasteiger partial charge in [0.2, 0.25) is 0 Å². The third-order valence-corrected chi connectivity index (χ3v) is 2.49. The minimum atomic E-state index is 1.03. The fourth-order valence-corrected chi connectivity index (χ4v) is 1.22. The Morgan fingerprint density at radius 2 is 2.44 bits per heavy atom. The fourth-order valence-electron chi connectivity index (χ4n) is 0.268. The number of allylic oxidation sites excluding steroid dienone is 2. The summed E-state index contributed by atoms with van der Waals surface area (Å²) >= 11 is 2.24. The van der Waals surface area contributed by atoms with Gasteiger partial charge in [-0.3, -0.25) is 0 Å². The van der Waals surface area contributed by atoms with E-state index in [0.717, 1.165) is 21.3 Å². The molecule has 0 aliphatic rings. The fraction of sp³-hybridized carbons (Fsp3) is 0. The van der Waals surface area contributed by atoms with Gasteiger partial charge in [-0.05, 0) is 0 Å². The maximum atomic E-state index is 8.19. The molecule has 0 aliphatic heterocycles. The van der Waals surface area contributed by atoms with Crippen molar-refractivity contribution in [3.8, 4) is 5.40 Å². The molecule has 0 bridgehead atoms. The maximum absolute atomic E-state index is 8.19. The van der Waals surface area contributed by atoms with Crippen LogP contribution in [-0.4, -0.2) is 3.44 Å². The van der Waals surface area contributed by atoms with E-state index in [0.29, 0.717) is 0 Å². The van der Waals surface area contributed by atoms with Gasteiger partial charge in [-0.15, -0.1) is 0 Å². The summed E-state index contributed by atoms with van der Waals surface area (Å²) in [4.78, 5) is 0. The van der Waals surface area contributed by atoms with E-state index < -0.39 is 0 Å². The van der Waals surface area contributed by atoms with Crippen LogP contribution in [0.25, 0.3) is 0 Å². The molecule has 1 nitrogen and oxygen atoms in total. The molecule has 0 saturated carbocycles. The molecule has 0 atom stereocenters. The first kappa shape index (κ1) is 8.81. The zero-order chi connectivity index (χ0) is 7.11. The Bertz CT molecular complexity index is 178. The quantitative estimate of drug-likeness (QED) is 0.382. The number of thiocyanates is 1. The van der Waals surface area contributed by atoms with Crippen molar-refractivity contribution >= 4 is 15.2 Å². The van der Waals surface area contributed by atoms with Gasteiger partial charge in [-0.25, -0.2) is 0 Å². The number of nitrogens with zero attached hydrogens (tertiary/aromatic N) is 1. The van der Waals surface area contributed by atoms with Crippen LogP contribution >= 0.6 is 11.8 Å². The van der Waals surface area contributed by atoms with Crippen LogP contribution in [0.15, 0.2) is 24.8 Å². The average molecular weight is 189 g/mol. The Labute approximate surface area is 68.6 Å². The van der Waals surface area contributed by atoms with Crippen LogP contribution in [0.5, 0.6) is 0 Å². The number of nitriles is 1. The van der Waals surface area contributed by atoms with E-state index in [-0.39, 0.29) is 0 Å². The van der Waals surface area contributed by atoms with E-state index in [1.165, 1.54) is 11.8 Å². The van der Waals surface area contributed by atoms with Crippen molar-refractivity contribution in [3.63, 3.8) is 0 Å². The second kappa shape index (κ2) is 5.94. The minimum absolute atomic E-state index is 1.03. The van der Waals surface area contributed by atoms with E-state index in [1.807, 2.05) is 17.6 Å². The number of hydrogen-bond acceptors (Lipinski definition) is 2. The zero-order valence-corrected chi connectivity index (χ0v) is 8.79. The SMILES string of the molecule is C=C/C=C\[C](=[Zn])SC#N. The summed E-state index contributed by atoms with van der Waals surface area (Å²) in [6, 6.07) is 0. The number of thioether (sulfide) groups is 1. The van der Waals surface area contributed by atoms with Crippen LogP contribution in [0.1, 0.15) is 0 Å². The molecule has 0 unspecified atom stereocenters. The zero-order valence-electron chi connectivity index (χ0n) is 5.00. The molecule has 0 aromatic carbocycles. The molecular formula is C6H5NSZn. The van der Waals surface area contributed by atoms with E-state index in [4.69, 9.17) is 5.26 Å². The van der Waals surface area contributed by atoms with Crippen LogP contribution < -0.4 is 0 Å². The monoisotopic (exact) mass is 187 g/mol. The first-order valence-electron chi connectivity index (χ1n) is 2.35. The molecule has 0 saturated heterocycles. The first-order chi connectivity index (χ1) is 4.31. The van der Waals surface area contributed by atoms with Gasteiger partial charge >= 0.3 is 68.5 Å². The Balaban J connectivity index is 3.66. The van der Waals surface area contributed by atoms with Gasteiger partial charge in [0.1, 0.15) is 0 Å². The molecule has 0 aromatic heterocycles. The topological polar surface area (TPSA) is 23.8 Å². The Morgan fingerprint density at radius 1 is 1.78 bits per heavy atom. The molecule has 0 heterocycles. The van der Waals surface area contributed by atoms with Crippen molar-refractivity contribution in [3.05, 3.63) is 24.8 Å². The standard InChI is InChI=1S/C6H5NS.Zn/c1-2-3-4-5-8-6-7;/h2-4H,1H2;/b4-3-;. The van der Waals surface area contributed by atoms with Crippen LogP contribution in [0.2, 0.25) is 0 Å². The average Bonchev–Trinajstić information content (AvgIpc) is 1.85. The molecule has 0 spiro atoms. The van der Waals surface area contributed by atoms with Crippen molar-refractivity contribution in [1.82, 2.24) is 0 Å². The molecule has 0 N–H and O–H groups in total. The molecule has 0 rings (SSSR count). The summed E-state index contributed by atoms with van der Waals surface area (Å²) in [7, 11) is 0. The summed E-state index contributed by atoms with van der Waals surface area (Å²) in [5, 5.41) is 10.2. The van der Waals surface area contributed by atoms with Gasteiger partial charge in [-0.1, -0.05) is 0 Å². The van der Waals surface area contributed by atoms with Gasteiger partial charge < -0.3 is 0 Å². The van der Waals surface area contributed by atoms with Gasteiger partial charge in [0.25, 0.3) is 0 Å². The van der Waals surface area contributed by atoms with E-state index >= 15 is 0 Å². The van der Waals surface area contributed by atoms with Crippen molar-refractivity contribution in [2.45, 2.75) is 0 Å². The van der Waals surface area contributed by atoms with E-state index in [1.54, 1.807) is 6.08 Å². The van der Waals surface area contributed by atoms with Gasteiger partial charge in [0.05, 0.1) is 0 Å². The summed E-state index contributed by atoms with van der Waals surface area (Å²) < 4.78 is 1.11. The molecule has 3 heteroatoms. The summed E-state index contributed by atoms with van der Waals surface area (Å²) in [5.74, 6) is 0. The summed E-state index contributed by atoms with van der Waals surface area (Å²) in [6.45, 7) is 3.51. The third kappa shape index (κ3) is 5.69. The van der Waals surface area contributed by atoms with Gasteiger partial charge in [0, 0.05) is 0 Å². The molecule has 0 aliphatic carbocycles. The molecule has 9 heavy (non-hydrogen) atoms. The Hall–Kier alpha value is -0.187. The van der Waals surface area contributed by atoms with Crippen LogP contribution in [0.3, 0.4) is 0 Å². The van der Waals surface area contributed by atoms with Crippen molar-refractivity contribution in [2.75, 3.05) is 0 Å². The molecule has 0 radical (unpaired) electrons. The predicted octanol–water partition coefficient (Wildman–Crippen LogP) is 1.62. The van der Waals surface area contributed by atoms with Crippen LogP contribution in [0, 0.1) is 10.7 Å². The number of hydrogen-bond donors (Lipinski definition) is 0. The van der Waals surface area contributed by atoms with Crippen molar-refractivity contribution in [2.24, 2.45) is 0 Å². The molecular weight excluding hydrogens is 184 g/mol. The molecule has 0 aromatic rings.